The van der Waals surface area contributed by atoms with Gasteiger partial charge in [-0.2, -0.15) is 0 Å². The lowest BCUT2D eigenvalue weighted by molar-refractivity contribution is 0.204. The highest BCUT2D eigenvalue weighted by Gasteiger charge is 2.14. The minimum absolute atomic E-state index is 0.229. The Kier molecular flexibility index (Phi) is 5.06. The van der Waals surface area contributed by atoms with E-state index in [-0.39, 0.29) is 6.10 Å². The van der Waals surface area contributed by atoms with Crippen LogP contribution in [0.5, 0.6) is 17.2 Å². The molecule has 4 nitrogen and oxygen atoms in total. The smallest absolute Gasteiger partial charge is 0.162 e. The third-order valence-electron chi connectivity index (χ3n) is 3.29. The predicted octanol–water partition coefficient (Wildman–Crippen LogP) is 3.09. The van der Waals surface area contributed by atoms with Crippen LogP contribution in [-0.4, -0.2) is 20.8 Å². The van der Waals surface area contributed by atoms with Crippen LogP contribution in [0.1, 0.15) is 17.2 Å². The van der Waals surface area contributed by atoms with E-state index >= 15 is 0 Å². The second kappa shape index (κ2) is 6.99. The van der Waals surface area contributed by atoms with E-state index in [1.54, 1.807) is 14.2 Å². The topological polar surface area (TPSA) is 53.7 Å². The molecule has 0 saturated heterocycles. The maximum absolute atomic E-state index is 6.01. The van der Waals surface area contributed by atoms with Crippen LogP contribution in [0.15, 0.2) is 42.5 Å². The first-order valence-electron chi connectivity index (χ1n) is 6.83. The molecule has 0 aliphatic heterocycles. The van der Waals surface area contributed by atoms with Crippen molar-refractivity contribution >= 4 is 0 Å². The fourth-order valence-electron chi connectivity index (χ4n) is 2.10. The van der Waals surface area contributed by atoms with Gasteiger partial charge in [0.15, 0.2) is 11.5 Å². The monoisotopic (exact) mass is 287 g/mol. The molecule has 0 aromatic heterocycles. The van der Waals surface area contributed by atoms with E-state index in [4.69, 9.17) is 19.9 Å². The molecule has 4 heteroatoms. The van der Waals surface area contributed by atoms with Gasteiger partial charge in [-0.25, -0.2) is 0 Å². The molecule has 0 saturated carbocycles. The van der Waals surface area contributed by atoms with Crippen LogP contribution in [0.3, 0.4) is 0 Å². The SMILES string of the molecule is COc1ccc(C(CN)Oc2ccc(C)cc2OC)cc1. The maximum Gasteiger partial charge on any atom is 0.162 e. The van der Waals surface area contributed by atoms with E-state index in [1.165, 1.54) is 0 Å². The minimum Gasteiger partial charge on any atom is -0.497 e. The second-order valence-corrected chi connectivity index (χ2v) is 4.77. The van der Waals surface area contributed by atoms with Gasteiger partial charge in [0.2, 0.25) is 0 Å². The third-order valence-corrected chi connectivity index (χ3v) is 3.29. The molecule has 2 aromatic rings. The largest absolute Gasteiger partial charge is 0.497 e. The zero-order valence-corrected chi connectivity index (χ0v) is 12.6. The van der Waals surface area contributed by atoms with Gasteiger partial charge in [-0.1, -0.05) is 18.2 Å². The molecule has 2 N–H and O–H groups in total. The van der Waals surface area contributed by atoms with Crippen molar-refractivity contribution in [3.63, 3.8) is 0 Å². The zero-order chi connectivity index (χ0) is 15.2. The first kappa shape index (κ1) is 15.2. The van der Waals surface area contributed by atoms with E-state index in [0.717, 1.165) is 16.9 Å². The number of ether oxygens (including phenoxy) is 3. The molecule has 2 aromatic carbocycles. The number of aryl methyl sites for hydroxylation is 1. The van der Waals surface area contributed by atoms with Gasteiger partial charge in [0.25, 0.3) is 0 Å². The van der Waals surface area contributed by atoms with E-state index in [2.05, 4.69) is 0 Å². The summed E-state index contributed by atoms with van der Waals surface area (Å²) in [5.41, 5.74) is 7.97. The summed E-state index contributed by atoms with van der Waals surface area (Å²) >= 11 is 0. The van der Waals surface area contributed by atoms with Crippen molar-refractivity contribution in [1.82, 2.24) is 0 Å². The second-order valence-electron chi connectivity index (χ2n) is 4.77. The van der Waals surface area contributed by atoms with Gasteiger partial charge in [0, 0.05) is 6.54 Å². The fraction of sp³-hybridized carbons (Fsp3) is 0.294. The zero-order valence-electron chi connectivity index (χ0n) is 12.6. The number of hydrogen-bond acceptors (Lipinski definition) is 4. The molecule has 0 aliphatic carbocycles. The Balaban J connectivity index is 2.22. The van der Waals surface area contributed by atoms with Crippen LogP contribution < -0.4 is 19.9 Å². The van der Waals surface area contributed by atoms with Crippen LogP contribution in [-0.2, 0) is 0 Å². The predicted molar refractivity (Wildman–Crippen MR) is 83.1 cm³/mol. The first-order chi connectivity index (χ1) is 10.2. The Bertz CT molecular complexity index is 581. The van der Waals surface area contributed by atoms with Crippen molar-refractivity contribution in [2.45, 2.75) is 13.0 Å². The summed E-state index contributed by atoms with van der Waals surface area (Å²) in [4.78, 5) is 0. The van der Waals surface area contributed by atoms with Gasteiger partial charge < -0.3 is 19.9 Å². The molecule has 0 spiro atoms. The van der Waals surface area contributed by atoms with Gasteiger partial charge in [0.1, 0.15) is 11.9 Å². The molecule has 0 radical (unpaired) electrons. The highest BCUT2D eigenvalue weighted by atomic mass is 16.5. The fourth-order valence-corrected chi connectivity index (χ4v) is 2.10. The summed E-state index contributed by atoms with van der Waals surface area (Å²) < 4.78 is 16.5. The Morgan fingerprint density at radius 3 is 2.24 bits per heavy atom. The van der Waals surface area contributed by atoms with Gasteiger partial charge in [-0.05, 0) is 42.3 Å². The Labute approximate surface area is 125 Å². The molecule has 1 atom stereocenters. The lowest BCUT2D eigenvalue weighted by atomic mass is 10.1. The summed E-state index contributed by atoms with van der Waals surface area (Å²) in [5, 5.41) is 0. The van der Waals surface area contributed by atoms with Crippen molar-refractivity contribution in [2.24, 2.45) is 5.73 Å². The molecule has 0 aliphatic rings. The van der Waals surface area contributed by atoms with Crippen molar-refractivity contribution in [2.75, 3.05) is 20.8 Å². The number of methoxy groups -OCH3 is 2. The molecule has 21 heavy (non-hydrogen) atoms. The third kappa shape index (κ3) is 3.67. The molecule has 1 unspecified atom stereocenters. The number of benzene rings is 2. The molecule has 2 rings (SSSR count). The molecular formula is C17H21NO3. The highest BCUT2D eigenvalue weighted by Crippen LogP contribution is 2.32. The first-order valence-corrected chi connectivity index (χ1v) is 6.83. The van der Waals surface area contributed by atoms with Gasteiger partial charge >= 0.3 is 0 Å². The number of rotatable bonds is 6. The van der Waals surface area contributed by atoms with E-state index in [9.17, 15) is 0 Å². The molecular weight excluding hydrogens is 266 g/mol. The summed E-state index contributed by atoms with van der Waals surface area (Å²) in [6.45, 7) is 2.39. The standard InChI is InChI=1S/C17H21NO3/c1-12-4-9-15(16(10-12)20-3)21-17(11-18)13-5-7-14(19-2)8-6-13/h4-10,17H,11,18H2,1-3H3. The molecule has 0 bridgehead atoms. The van der Waals surface area contributed by atoms with Gasteiger partial charge in [0.05, 0.1) is 14.2 Å². The van der Waals surface area contributed by atoms with E-state index in [1.807, 2.05) is 49.4 Å². The van der Waals surface area contributed by atoms with Crippen LogP contribution in [0.4, 0.5) is 0 Å². The number of hydrogen-bond donors (Lipinski definition) is 1. The molecule has 0 heterocycles. The summed E-state index contributed by atoms with van der Waals surface area (Å²) in [5.74, 6) is 2.21. The van der Waals surface area contributed by atoms with Crippen LogP contribution in [0, 0.1) is 6.92 Å². The van der Waals surface area contributed by atoms with E-state index in [0.29, 0.717) is 18.0 Å². The summed E-state index contributed by atoms with van der Waals surface area (Å²) in [6, 6.07) is 13.5. The quantitative estimate of drug-likeness (QED) is 0.887. The molecule has 0 fully saturated rings. The van der Waals surface area contributed by atoms with Crippen molar-refractivity contribution < 1.29 is 14.2 Å². The average molecular weight is 287 g/mol. The van der Waals surface area contributed by atoms with Gasteiger partial charge in [-0.15, -0.1) is 0 Å². The highest BCUT2D eigenvalue weighted by molar-refractivity contribution is 5.43. The maximum atomic E-state index is 6.01. The summed E-state index contributed by atoms with van der Waals surface area (Å²) in [6.07, 6.45) is -0.229. The van der Waals surface area contributed by atoms with Crippen molar-refractivity contribution in [3.05, 3.63) is 53.6 Å². The number of nitrogens with two attached hydrogens (primary N) is 1. The van der Waals surface area contributed by atoms with Crippen molar-refractivity contribution in [1.29, 1.82) is 0 Å². The Morgan fingerprint density at radius 1 is 0.952 bits per heavy atom. The average Bonchev–Trinajstić information content (AvgIpc) is 2.53. The normalized spacial score (nSPS) is 11.8. The van der Waals surface area contributed by atoms with Crippen LogP contribution >= 0.6 is 0 Å². The summed E-state index contributed by atoms with van der Waals surface area (Å²) in [7, 11) is 3.27. The Morgan fingerprint density at radius 2 is 1.67 bits per heavy atom. The lowest BCUT2D eigenvalue weighted by Gasteiger charge is -2.20. The van der Waals surface area contributed by atoms with Crippen molar-refractivity contribution in [3.8, 4) is 17.2 Å². The van der Waals surface area contributed by atoms with Crippen LogP contribution in [0.25, 0.3) is 0 Å². The minimum atomic E-state index is -0.229. The van der Waals surface area contributed by atoms with E-state index < -0.39 is 0 Å². The molecule has 112 valence electrons. The Hall–Kier alpha value is -2.20. The lowest BCUT2D eigenvalue weighted by Crippen LogP contribution is -2.18. The van der Waals surface area contributed by atoms with Crippen LogP contribution in [0.2, 0.25) is 0 Å². The van der Waals surface area contributed by atoms with Gasteiger partial charge in [-0.3, -0.25) is 0 Å². The molecule has 0 amide bonds.